The van der Waals surface area contributed by atoms with Crippen LogP contribution >= 0.6 is 0 Å². The van der Waals surface area contributed by atoms with Gasteiger partial charge in [-0.1, -0.05) is 30.3 Å². The first kappa shape index (κ1) is 13.4. The minimum atomic E-state index is 1.08. The first-order chi connectivity index (χ1) is 7.64. The highest BCUT2D eigenvalue weighted by atomic mass is 28.1. The molecular weight excluding hydrogens is 212 g/mol. The van der Waals surface area contributed by atoms with E-state index < -0.39 is 0 Å². The summed E-state index contributed by atoms with van der Waals surface area (Å²) in [5.41, 5.74) is 1.43. The average molecular weight is 237 g/mol. The van der Waals surface area contributed by atoms with Crippen LogP contribution < -0.4 is 5.32 Å². The molecule has 1 aromatic carbocycles. The lowest BCUT2D eigenvalue weighted by Crippen LogP contribution is -2.40. The predicted molar refractivity (Wildman–Crippen MR) is 74.5 cm³/mol. The van der Waals surface area contributed by atoms with Crippen LogP contribution in [-0.2, 0) is 6.54 Å². The Morgan fingerprint density at radius 2 is 1.88 bits per heavy atom. The second kappa shape index (κ2) is 6.84. The Balaban J connectivity index is 2.33. The minimum absolute atomic E-state index is 1.08. The lowest BCUT2D eigenvalue weighted by atomic mass is 10.2. The maximum absolute atomic E-state index is 3.44. The molecule has 0 aromatic heterocycles. The largest absolute Gasteiger partial charge is 0.325 e. The van der Waals surface area contributed by atoms with Gasteiger partial charge in [0.1, 0.15) is 6.54 Å². The number of rotatable bonds is 7. The van der Waals surface area contributed by atoms with Crippen LogP contribution in [0.4, 0.5) is 0 Å². The van der Waals surface area contributed by atoms with Crippen molar-refractivity contribution in [3.8, 4) is 0 Å². The van der Waals surface area contributed by atoms with Crippen molar-refractivity contribution in [2.75, 3.05) is 33.4 Å². The highest BCUT2D eigenvalue weighted by Gasteiger charge is 2.14. The summed E-state index contributed by atoms with van der Waals surface area (Å²) < 4.78 is 1.08. The maximum atomic E-state index is 3.44. The molecule has 90 valence electrons. The fraction of sp³-hybridized carbons (Fsp3) is 0.538. The van der Waals surface area contributed by atoms with Crippen LogP contribution in [0.1, 0.15) is 12.0 Å². The highest BCUT2D eigenvalue weighted by molar-refractivity contribution is 6.08. The van der Waals surface area contributed by atoms with Crippen LogP contribution in [-0.4, -0.2) is 48.1 Å². The maximum Gasteiger partial charge on any atom is 0.104 e. The molecular formula is C13H25N2Si+. The second-order valence-electron chi connectivity index (χ2n) is 5.01. The smallest absolute Gasteiger partial charge is 0.104 e. The topological polar surface area (TPSA) is 12.0 Å². The zero-order chi connectivity index (χ0) is 11.9. The Bertz CT molecular complexity index is 285. The predicted octanol–water partition coefficient (Wildman–Crippen LogP) is 0.566. The lowest BCUT2D eigenvalue weighted by Gasteiger charge is -2.30. The summed E-state index contributed by atoms with van der Waals surface area (Å²) >= 11 is 0. The van der Waals surface area contributed by atoms with E-state index in [1.165, 1.54) is 41.5 Å². The molecule has 0 bridgehead atoms. The Morgan fingerprint density at radius 3 is 2.50 bits per heavy atom. The van der Waals surface area contributed by atoms with Gasteiger partial charge in [0.15, 0.2) is 0 Å². The van der Waals surface area contributed by atoms with E-state index in [4.69, 9.17) is 0 Å². The summed E-state index contributed by atoms with van der Waals surface area (Å²) in [7, 11) is 5.89. The summed E-state index contributed by atoms with van der Waals surface area (Å²) in [6.45, 7) is 3.53. The average Bonchev–Trinajstić information content (AvgIpc) is 2.25. The quantitative estimate of drug-likeness (QED) is 0.415. The van der Waals surface area contributed by atoms with E-state index in [1.54, 1.807) is 0 Å². The Labute approximate surface area is 103 Å². The summed E-state index contributed by atoms with van der Waals surface area (Å²) in [5, 5.41) is 3.44. The van der Waals surface area contributed by atoms with Gasteiger partial charge < -0.3 is 9.80 Å². The summed E-state index contributed by atoms with van der Waals surface area (Å²) in [5.74, 6) is 0. The lowest BCUT2D eigenvalue weighted by molar-refractivity contribution is -0.903. The van der Waals surface area contributed by atoms with Crippen molar-refractivity contribution in [2.24, 2.45) is 0 Å². The van der Waals surface area contributed by atoms with Crippen molar-refractivity contribution in [3.63, 3.8) is 0 Å². The van der Waals surface area contributed by atoms with E-state index in [9.17, 15) is 0 Å². The molecule has 0 aliphatic carbocycles. The number of quaternary nitrogens is 1. The highest BCUT2D eigenvalue weighted by Crippen LogP contribution is 2.09. The molecule has 3 heteroatoms. The minimum Gasteiger partial charge on any atom is -0.325 e. The van der Waals surface area contributed by atoms with E-state index in [1.807, 2.05) is 0 Å². The van der Waals surface area contributed by atoms with E-state index >= 15 is 0 Å². The normalized spacial score (nSPS) is 11.9. The number of nitrogens with zero attached hydrogens (tertiary/aromatic N) is 1. The second-order valence-corrected chi connectivity index (χ2v) is 5.72. The van der Waals surface area contributed by atoms with Gasteiger partial charge >= 0.3 is 0 Å². The summed E-state index contributed by atoms with van der Waals surface area (Å²) in [6.07, 6.45) is 2.48. The third kappa shape index (κ3) is 5.44. The molecule has 0 unspecified atom stereocenters. The molecule has 0 fully saturated rings. The van der Waals surface area contributed by atoms with E-state index in [-0.39, 0.29) is 0 Å². The van der Waals surface area contributed by atoms with Crippen LogP contribution in [0, 0.1) is 0 Å². The van der Waals surface area contributed by atoms with Crippen LogP contribution in [0.25, 0.3) is 0 Å². The molecule has 0 aliphatic rings. The van der Waals surface area contributed by atoms with Gasteiger partial charge in [-0.05, 0) is 6.17 Å². The zero-order valence-corrected chi connectivity index (χ0v) is 12.9. The number of hydrogen-bond acceptors (Lipinski definition) is 1. The first-order valence-corrected chi connectivity index (χ1v) is 7.62. The van der Waals surface area contributed by atoms with Crippen molar-refractivity contribution in [2.45, 2.75) is 13.0 Å². The molecule has 0 atom stereocenters. The van der Waals surface area contributed by atoms with Gasteiger partial charge in [-0.15, -0.1) is 0 Å². The fourth-order valence-corrected chi connectivity index (χ4v) is 2.32. The monoisotopic (exact) mass is 237 g/mol. The van der Waals surface area contributed by atoms with E-state index in [0.717, 1.165) is 11.0 Å². The Kier molecular flexibility index (Phi) is 5.73. The molecule has 1 N–H and O–H groups in total. The molecule has 0 heterocycles. The summed E-state index contributed by atoms with van der Waals surface area (Å²) in [4.78, 5) is 0. The van der Waals surface area contributed by atoms with Gasteiger partial charge in [0.2, 0.25) is 0 Å². The Hall–Kier alpha value is -0.643. The van der Waals surface area contributed by atoms with E-state index in [0.29, 0.717) is 0 Å². The van der Waals surface area contributed by atoms with E-state index in [2.05, 4.69) is 49.7 Å². The molecule has 0 saturated heterocycles. The van der Waals surface area contributed by atoms with Crippen LogP contribution in [0.5, 0.6) is 0 Å². The van der Waals surface area contributed by atoms with Crippen molar-refractivity contribution in [1.29, 1.82) is 0 Å². The molecule has 0 aliphatic heterocycles. The fourth-order valence-electron chi connectivity index (χ4n) is 1.97. The molecule has 0 radical (unpaired) electrons. The molecule has 2 nitrogen and oxygen atoms in total. The molecule has 1 rings (SSSR count). The molecule has 0 amide bonds. The number of nitrogens with one attached hydrogen (secondary N) is 1. The SMILES string of the molecule is C[N+](C)(CCCNC[SiH3])Cc1ccccc1. The number of benzene rings is 1. The van der Waals surface area contributed by atoms with Gasteiger partial charge in [0.05, 0.1) is 20.6 Å². The summed E-state index contributed by atoms with van der Waals surface area (Å²) in [6, 6.07) is 10.8. The molecule has 1 aromatic rings. The van der Waals surface area contributed by atoms with Crippen LogP contribution in [0.3, 0.4) is 0 Å². The van der Waals surface area contributed by atoms with Gasteiger partial charge in [0.25, 0.3) is 0 Å². The third-order valence-corrected chi connectivity index (χ3v) is 3.32. The standard InChI is InChI=1S/C13H25N2Si/c1-15(2,10-6-9-14-12-16)11-13-7-4-3-5-8-13/h3-5,7-8,14H,6,9-12H2,1-2,16H3/q+1. The van der Waals surface area contributed by atoms with Gasteiger partial charge in [-0.25, -0.2) is 0 Å². The van der Waals surface area contributed by atoms with Gasteiger partial charge in [-0.2, -0.15) is 0 Å². The first-order valence-electron chi connectivity index (χ1n) is 6.21. The molecule has 0 saturated carbocycles. The Morgan fingerprint density at radius 1 is 1.19 bits per heavy atom. The van der Waals surface area contributed by atoms with Crippen molar-refractivity contribution in [3.05, 3.63) is 35.9 Å². The zero-order valence-electron chi connectivity index (χ0n) is 10.9. The van der Waals surface area contributed by atoms with Crippen molar-refractivity contribution in [1.82, 2.24) is 5.32 Å². The molecule has 16 heavy (non-hydrogen) atoms. The third-order valence-electron chi connectivity index (χ3n) is 2.82. The van der Waals surface area contributed by atoms with Crippen molar-refractivity contribution >= 4 is 10.2 Å². The van der Waals surface area contributed by atoms with Gasteiger partial charge in [-0.3, -0.25) is 0 Å². The van der Waals surface area contributed by atoms with Crippen molar-refractivity contribution < 1.29 is 4.48 Å². The van der Waals surface area contributed by atoms with Gasteiger partial charge in [0, 0.05) is 28.8 Å². The van der Waals surface area contributed by atoms with Crippen LogP contribution in [0.2, 0.25) is 0 Å². The number of hydrogen-bond donors (Lipinski definition) is 1. The van der Waals surface area contributed by atoms with Crippen LogP contribution in [0.15, 0.2) is 30.3 Å². The molecule has 0 spiro atoms.